The number of aliphatic carboxylic acids is 1. The minimum atomic E-state index is -1.50. The Morgan fingerprint density at radius 2 is 1.28 bits per heavy atom. The predicted molar refractivity (Wildman–Crippen MR) is 128 cm³/mol. The molecule has 0 spiro atoms. The highest BCUT2D eigenvalue weighted by Gasteiger charge is 2.30. The van der Waals surface area contributed by atoms with Crippen molar-refractivity contribution in [2.24, 2.45) is 11.5 Å². The van der Waals surface area contributed by atoms with E-state index in [1.165, 1.54) is 12.1 Å². The summed E-state index contributed by atoms with van der Waals surface area (Å²) in [6, 6.07) is 10.4. The lowest BCUT2D eigenvalue weighted by atomic mass is 10.0. The van der Waals surface area contributed by atoms with Gasteiger partial charge in [0.25, 0.3) is 0 Å². The van der Waals surface area contributed by atoms with Crippen molar-refractivity contribution in [2.75, 3.05) is 6.54 Å². The molecule has 0 heterocycles. The van der Waals surface area contributed by atoms with Crippen LogP contribution in [0.15, 0.2) is 54.6 Å². The van der Waals surface area contributed by atoms with E-state index in [2.05, 4.69) is 16.0 Å². The van der Waals surface area contributed by atoms with E-state index in [-0.39, 0.29) is 18.6 Å². The zero-order chi connectivity index (χ0) is 26.7. The number of nitrogens with one attached hydrogen (secondary N) is 3. The molecule has 0 bridgehead atoms. The number of aromatic hydroxyl groups is 1. The molecular formula is C24H29N5O7. The summed E-state index contributed by atoms with van der Waals surface area (Å²) in [6.07, 6.45) is -0.657. The van der Waals surface area contributed by atoms with Gasteiger partial charge in [-0.1, -0.05) is 42.5 Å². The first-order chi connectivity index (χ1) is 17.1. The first kappa shape index (κ1) is 27.8. The number of hydrogen-bond donors (Lipinski definition) is 7. The number of carboxylic acid groups (broad SMARTS) is 1. The molecule has 2 aromatic carbocycles. The smallest absolute Gasteiger partial charge is 0.326 e. The monoisotopic (exact) mass is 499 g/mol. The molecule has 12 nitrogen and oxygen atoms in total. The Kier molecular flexibility index (Phi) is 10.4. The molecule has 0 aromatic heterocycles. The highest BCUT2D eigenvalue weighted by molar-refractivity contribution is 5.96. The van der Waals surface area contributed by atoms with E-state index in [1.807, 2.05) is 0 Å². The summed E-state index contributed by atoms with van der Waals surface area (Å²) in [5, 5.41) is 26.1. The molecule has 3 unspecified atom stereocenters. The number of hydrogen-bond acceptors (Lipinski definition) is 7. The van der Waals surface area contributed by atoms with Gasteiger partial charge in [-0.05, 0) is 23.3 Å². The molecule has 3 atom stereocenters. The predicted octanol–water partition coefficient (Wildman–Crippen LogP) is -1.45. The highest BCUT2D eigenvalue weighted by atomic mass is 16.4. The molecule has 4 amide bonds. The SMILES string of the molecule is NCC(=O)NC(Cc1ccc(O)cc1)C(=O)NC(CC(N)=O)C(=O)NC(Cc1ccccc1)C(=O)O. The van der Waals surface area contributed by atoms with Crippen LogP contribution in [0.2, 0.25) is 0 Å². The van der Waals surface area contributed by atoms with Crippen molar-refractivity contribution in [3.05, 3.63) is 65.7 Å². The number of phenols is 1. The number of carbonyl (C=O) groups excluding carboxylic acids is 4. The summed E-state index contributed by atoms with van der Waals surface area (Å²) in [5.74, 6) is -4.60. The molecule has 0 saturated heterocycles. The molecule has 0 fully saturated rings. The van der Waals surface area contributed by atoms with Crippen LogP contribution in [-0.2, 0) is 36.8 Å². The Hall–Kier alpha value is -4.45. The van der Waals surface area contributed by atoms with Crippen LogP contribution in [0.1, 0.15) is 17.5 Å². The largest absolute Gasteiger partial charge is 0.508 e. The number of rotatable bonds is 13. The van der Waals surface area contributed by atoms with E-state index in [9.17, 15) is 34.2 Å². The van der Waals surface area contributed by atoms with Crippen molar-refractivity contribution >= 4 is 29.6 Å². The maximum atomic E-state index is 13.0. The van der Waals surface area contributed by atoms with Crippen LogP contribution in [0.4, 0.5) is 0 Å². The quantitative estimate of drug-likeness (QED) is 0.173. The number of carbonyl (C=O) groups is 5. The second-order valence-electron chi connectivity index (χ2n) is 8.02. The van der Waals surface area contributed by atoms with Crippen LogP contribution in [-0.4, -0.2) is 64.5 Å². The minimum Gasteiger partial charge on any atom is -0.508 e. The van der Waals surface area contributed by atoms with Gasteiger partial charge < -0.3 is 37.6 Å². The third-order valence-corrected chi connectivity index (χ3v) is 5.15. The van der Waals surface area contributed by atoms with Crippen molar-refractivity contribution in [3.8, 4) is 5.75 Å². The van der Waals surface area contributed by atoms with Gasteiger partial charge in [0.2, 0.25) is 23.6 Å². The van der Waals surface area contributed by atoms with Crippen molar-refractivity contribution in [1.29, 1.82) is 0 Å². The maximum absolute atomic E-state index is 13.0. The van der Waals surface area contributed by atoms with Gasteiger partial charge in [-0.2, -0.15) is 0 Å². The van der Waals surface area contributed by atoms with Crippen LogP contribution in [0.5, 0.6) is 5.75 Å². The fourth-order valence-corrected chi connectivity index (χ4v) is 3.34. The summed E-state index contributed by atoms with van der Waals surface area (Å²) in [6.45, 7) is -0.398. The van der Waals surface area contributed by atoms with E-state index in [4.69, 9.17) is 11.5 Å². The van der Waals surface area contributed by atoms with E-state index in [1.54, 1.807) is 42.5 Å². The van der Waals surface area contributed by atoms with Crippen LogP contribution in [0, 0.1) is 0 Å². The normalized spacial score (nSPS) is 13.0. The molecule has 36 heavy (non-hydrogen) atoms. The van der Waals surface area contributed by atoms with Crippen LogP contribution >= 0.6 is 0 Å². The molecular weight excluding hydrogens is 470 g/mol. The molecule has 0 aliphatic rings. The van der Waals surface area contributed by atoms with Gasteiger partial charge in [0.15, 0.2) is 0 Å². The third-order valence-electron chi connectivity index (χ3n) is 5.15. The van der Waals surface area contributed by atoms with Crippen molar-refractivity contribution in [3.63, 3.8) is 0 Å². The fourth-order valence-electron chi connectivity index (χ4n) is 3.34. The number of primary amides is 1. The average Bonchev–Trinajstić information content (AvgIpc) is 2.84. The molecule has 9 N–H and O–H groups in total. The maximum Gasteiger partial charge on any atom is 0.326 e. The standard InChI is InChI=1S/C24H29N5O7/c25-13-21(32)27-17(10-15-6-8-16(30)9-7-15)22(33)28-18(12-20(26)31)23(34)29-19(24(35)36)11-14-4-2-1-3-5-14/h1-9,17-19,30H,10-13,25H2,(H2,26,31)(H,27,32)(H,28,33)(H,29,34)(H,35,36). The molecule has 0 saturated carbocycles. The summed E-state index contributed by atoms with van der Waals surface area (Å²) in [7, 11) is 0. The number of carboxylic acids is 1. The molecule has 2 rings (SSSR count). The average molecular weight is 500 g/mol. The van der Waals surface area contributed by atoms with Crippen LogP contribution in [0.3, 0.4) is 0 Å². The van der Waals surface area contributed by atoms with E-state index >= 15 is 0 Å². The molecule has 2 aromatic rings. The van der Waals surface area contributed by atoms with E-state index < -0.39 is 60.7 Å². The van der Waals surface area contributed by atoms with Crippen molar-refractivity contribution in [2.45, 2.75) is 37.4 Å². The lowest BCUT2D eigenvalue weighted by molar-refractivity contribution is -0.142. The minimum absolute atomic E-state index is 0.00688. The third kappa shape index (κ3) is 9.06. The molecule has 192 valence electrons. The highest BCUT2D eigenvalue weighted by Crippen LogP contribution is 2.12. The summed E-state index contributed by atoms with van der Waals surface area (Å²) in [4.78, 5) is 61.1. The number of phenolic OH excluding ortho intramolecular Hbond substituents is 1. The molecule has 0 radical (unpaired) electrons. The Balaban J connectivity index is 2.18. The number of benzene rings is 2. The fraction of sp³-hybridized carbons (Fsp3) is 0.292. The van der Waals surface area contributed by atoms with Crippen LogP contribution < -0.4 is 27.4 Å². The van der Waals surface area contributed by atoms with Gasteiger partial charge >= 0.3 is 5.97 Å². The Bertz CT molecular complexity index is 1080. The van der Waals surface area contributed by atoms with Crippen LogP contribution in [0.25, 0.3) is 0 Å². The van der Waals surface area contributed by atoms with Gasteiger partial charge in [0, 0.05) is 12.8 Å². The van der Waals surface area contributed by atoms with Gasteiger partial charge in [-0.3, -0.25) is 19.2 Å². The molecule has 0 aliphatic heterocycles. The summed E-state index contributed by atoms with van der Waals surface area (Å²) in [5.41, 5.74) is 11.8. The molecule has 0 aliphatic carbocycles. The zero-order valence-electron chi connectivity index (χ0n) is 19.3. The zero-order valence-corrected chi connectivity index (χ0v) is 19.3. The summed E-state index contributed by atoms with van der Waals surface area (Å²) < 4.78 is 0. The first-order valence-corrected chi connectivity index (χ1v) is 11.0. The van der Waals surface area contributed by atoms with Gasteiger partial charge in [0.05, 0.1) is 13.0 Å². The Labute approximate surface area is 207 Å². The number of amides is 4. The van der Waals surface area contributed by atoms with Gasteiger partial charge in [0.1, 0.15) is 23.9 Å². The number of nitrogens with two attached hydrogens (primary N) is 2. The van der Waals surface area contributed by atoms with Gasteiger partial charge in [-0.15, -0.1) is 0 Å². The topological polar surface area (TPSA) is 214 Å². The van der Waals surface area contributed by atoms with E-state index in [0.717, 1.165) is 0 Å². The van der Waals surface area contributed by atoms with Crippen molar-refractivity contribution < 1.29 is 34.2 Å². The lowest BCUT2D eigenvalue weighted by Crippen LogP contribution is -2.57. The summed E-state index contributed by atoms with van der Waals surface area (Å²) >= 11 is 0. The van der Waals surface area contributed by atoms with Crippen molar-refractivity contribution in [1.82, 2.24) is 16.0 Å². The lowest BCUT2D eigenvalue weighted by Gasteiger charge is -2.24. The Morgan fingerprint density at radius 1 is 0.750 bits per heavy atom. The van der Waals surface area contributed by atoms with Gasteiger partial charge in [-0.25, -0.2) is 4.79 Å². The molecule has 12 heteroatoms. The van der Waals surface area contributed by atoms with E-state index in [0.29, 0.717) is 11.1 Å². The second-order valence-corrected chi connectivity index (χ2v) is 8.02. The second kappa shape index (κ2) is 13.4. The first-order valence-electron chi connectivity index (χ1n) is 11.0. The Morgan fingerprint density at radius 3 is 1.83 bits per heavy atom.